The highest BCUT2D eigenvalue weighted by Crippen LogP contribution is 2.24. The first-order valence-electron chi connectivity index (χ1n) is 7.70. The fourth-order valence-electron chi connectivity index (χ4n) is 2.46. The molecular formula is C19H25NO. The van der Waals surface area contributed by atoms with E-state index in [-0.39, 0.29) is 6.04 Å². The zero-order valence-corrected chi connectivity index (χ0v) is 13.2. The van der Waals surface area contributed by atoms with Gasteiger partial charge in [-0.25, -0.2) is 0 Å². The average molecular weight is 283 g/mol. The summed E-state index contributed by atoms with van der Waals surface area (Å²) in [6.45, 7) is 6.33. The van der Waals surface area contributed by atoms with Gasteiger partial charge in [-0.05, 0) is 67.6 Å². The molecule has 0 heterocycles. The fourth-order valence-corrected chi connectivity index (χ4v) is 2.46. The Bertz CT molecular complexity index is 573. The third kappa shape index (κ3) is 4.61. The van der Waals surface area contributed by atoms with Crippen molar-refractivity contribution in [2.24, 2.45) is 5.73 Å². The fraction of sp³-hybridized carbons (Fsp3) is 0.368. The van der Waals surface area contributed by atoms with Crippen LogP contribution in [-0.4, -0.2) is 6.04 Å². The van der Waals surface area contributed by atoms with Gasteiger partial charge in [-0.1, -0.05) is 31.5 Å². The Morgan fingerprint density at radius 1 is 1.05 bits per heavy atom. The maximum absolute atomic E-state index is 5.92. The van der Waals surface area contributed by atoms with Gasteiger partial charge in [-0.3, -0.25) is 0 Å². The van der Waals surface area contributed by atoms with Crippen LogP contribution in [0.2, 0.25) is 0 Å². The second-order valence-electron chi connectivity index (χ2n) is 5.77. The van der Waals surface area contributed by atoms with Gasteiger partial charge < -0.3 is 10.5 Å². The second-order valence-corrected chi connectivity index (χ2v) is 5.77. The quantitative estimate of drug-likeness (QED) is 0.839. The molecule has 0 radical (unpaired) electrons. The largest absolute Gasteiger partial charge is 0.457 e. The summed E-state index contributed by atoms with van der Waals surface area (Å²) in [4.78, 5) is 0. The van der Waals surface area contributed by atoms with Gasteiger partial charge in [0.05, 0.1) is 0 Å². The minimum atomic E-state index is 0.182. The van der Waals surface area contributed by atoms with Crippen LogP contribution in [0.25, 0.3) is 0 Å². The van der Waals surface area contributed by atoms with Crippen molar-refractivity contribution >= 4 is 0 Å². The van der Waals surface area contributed by atoms with Gasteiger partial charge in [0.25, 0.3) is 0 Å². The van der Waals surface area contributed by atoms with E-state index in [4.69, 9.17) is 10.5 Å². The van der Waals surface area contributed by atoms with Crippen LogP contribution >= 0.6 is 0 Å². The number of hydrogen-bond donors (Lipinski definition) is 1. The topological polar surface area (TPSA) is 35.2 Å². The molecule has 2 N–H and O–H groups in total. The van der Waals surface area contributed by atoms with Crippen LogP contribution < -0.4 is 10.5 Å². The molecule has 0 fully saturated rings. The molecule has 2 nitrogen and oxygen atoms in total. The van der Waals surface area contributed by atoms with Crippen molar-refractivity contribution in [3.63, 3.8) is 0 Å². The molecule has 0 saturated heterocycles. The van der Waals surface area contributed by atoms with E-state index in [1.165, 1.54) is 23.1 Å². The van der Waals surface area contributed by atoms with Gasteiger partial charge >= 0.3 is 0 Å². The van der Waals surface area contributed by atoms with Gasteiger partial charge in [0, 0.05) is 6.04 Å². The van der Waals surface area contributed by atoms with E-state index in [0.717, 1.165) is 24.3 Å². The standard InChI is InChI=1S/C19H25NO/c1-4-5-16-6-9-18(10-7-16)21-19-11-8-17(13-15(3)20)14(2)12-19/h6-12,15H,4-5,13,20H2,1-3H3. The Labute approximate surface area is 127 Å². The monoisotopic (exact) mass is 283 g/mol. The summed E-state index contributed by atoms with van der Waals surface area (Å²) >= 11 is 0. The Balaban J connectivity index is 2.07. The zero-order chi connectivity index (χ0) is 15.2. The summed E-state index contributed by atoms with van der Waals surface area (Å²) in [5.41, 5.74) is 9.73. The first-order chi connectivity index (χ1) is 10.1. The molecule has 1 unspecified atom stereocenters. The molecule has 0 aliphatic carbocycles. The lowest BCUT2D eigenvalue weighted by Crippen LogP contribution is -2.18. The van der Waals surface area contributed by atoms with Crippen molar-refractivity contribution < 1.29 is 4.74 Å². The summed E-state index contributed by atoms with van der Waals surface area (Å²) in [5, 5.41) is 0. The van der Waals surface area contributed by atoms with Gasteiger partial charge in [0.1, 0.15) is 11.5 Å². The Morgan fingerprint density at radius 3 is 2.29 bits per heavy atom. The highest BCUT2D eigenvalue weighted by atomic mass is 16.5. The molecule has 0 spiro atoms. The van der Waals surface area contributed by atoms with Crippen molar-refractivity contribution in [1.29, 1.82) is 0 Å². The first-order valence-corrected chi connectivity index (χ1v) is 7.70. The summed E-state index contributed by atoms with van der Waals surface area (Å²) in [6.07, 6.45) is 3.18. The van der Waals surface area contributed by atoms with Crippen molar-refractivity contribution in [2.75, 3.05) is 0 Å². The van der Waals surface area contributed by atoms with Crippen LogP contribution in [0.15, 0.2) is 42.5 Å². The van der Waals surface area contributed by atoms with E-state index in [1.54, 1.807) is 0 Å². The molecule has 112 valence electrons. The van der Waals surface area contributed by atoms with E-state index < -0.39 is 0 Å². The number of aryl methyl sites for hydroxylation is 2. The predicted molar refractivity (Wildman–Crippen MR) is 89.0 cm³/mol. The van der Waals surface area contributed by atoms with E-state index in [2.05, 4.69) is 38.1 Å². The molecule has 0 amide bonds. The van der Waals surface area contributed by atoms with Gasteiger partial charge in [0.2, 0.25) is 0 Å². The number of nitrogens with two attached hydrogens (primary N) is 1. The zero-order valence-electron chi connectivity index (χ0n) is 13.2. The number of ether oxygens (including phenoxy) is 1. The Hall–Kier alpha value is -1.80. The molecule has 0 saturated carbocycles. The van der Waals surface area contributed by atoms with E-state index >= 15 is 0 Å². The summed E-state index contributed by atoms with van der Waals surface area (Å²) < 4.78 is 5.92. The van der Waals surface area contributed by atoms with Gasteiger partial charge in [0.15, 0.2) is 0 Å². The van der Waals surface area contributed by atoms with Crippen LogP contribution in [0.4, 0.5) is 0 Å². The molecule has 2 rings (SSSR count). The minimum absolute atomic E-state index is 0.182. The molecule has 2 aromatic carbocycles. The highest BCUT2D eigenvalue weighted by Gasteiger charge is 2.04. The Kier molecular flexibility index (Phi) is 5.40. The second kappa shape index (κ2) is 7.28. The molecule has 0 bridgehead atoms. The van der Waals surface area contributed by atoms with E-state index in [9.17, 15) is 0 Å². The minimum Gasteiger partial charge on any atom is -0.457 e. The van der Waals surface area contributed by atoms with Crippen LogP contribution in [-0.2, 0) is 12.8 Å². The van der Waals surface area contributed by atoms with Gasteiger partial charge in [-0.15, -0.1) is 0 Å². The smallest absolute Gasteiger partial charge is 0.127 e. The first kappa shape index (κ1) is 15.6. The number of benzene rings is 2. The van der Waals surface area contributed by atoms with E-state index in [1.807, 2.05) is 25.1 Å². The Morgan fingerprint density at radius 2 is 1.71 bits per heavy atom. The maximum Gasteiger partial charge on any atom is 0.127 e. The third-order valence-electron chi connectivity index (χ3n) is 3.55. The number of rotatable bonds is 6. The molecule has 2 aromatic rings. The van der Waals surface area contributed by atoms with Crippen LogP contribution in [0.3, 0.4) is 0 Å². The molecule has 21 heavy (non-hydrogen) atoms. The third-order valence-corrected chi connectivity index (χ3v) is 3.55. The molecule has 2 heteroatoms. The molecule has 0 aliphatic heterocycles. The van der Waals surface area contributed by atoms with Gasteiger partial charge in [-0.2, -0.15) is 0 Å². The summed E-state index contributed by atoms with van der Waals surface area (Å²) in [7, 11) is 0. The van der Waals surface area contributed by atoms with Crippen molar-refractivity contribution in [3.8, 4) is 11.5 Å². The van der Waals surface area contributed by atoms with Crippen molar-refractivity contribution in [3.05, 3.63) is 59.2 Å². The van der Waals surface area contributed by atoms with E-state index in [0.29, 0.717) is 0 Å². The average Bonchev–Trinajstić information content (AvgIpc) is 2.44. The maximum atomic E-state index is 5.92. The molecule has 1 atom stereocenters. The predicted octanol–water partition coefficient (Wildman–Crippen LogP) is 4.63. The SMILES string of the molecule is CCCc1ccc(Oc2ccc(CC(C)N)c(C)c2)cc1. The summed E-state index contributed by atoms with van der Waals surface area (Å²) in [6, 6.07) is 14.7. The molecule has 0 aliphatic rings. The summed E-state index contributed by atoms with van der Waals surface area (Å²) in [5.74, 6) is 1.76. The molecular weight excluding hydrogens is 258 g/mol. The van der Waals surface area contributed by atoms with Crippen LogP contribution in [0.5, 0.6) is 11.5 Å². The van der Waals surface area contributed by atoms with Crippen molar-refractivity contribution in [2.45, 2.75) is 46.1 Å². The lowest BCUT2D eigenvalue weighted by atomic mass is 10.0. The van der Waals surface area contributed by atoms with Crippen LogP contribution in [0, 0.1) is 6.92 Å². The van der Waals surface area contributed by atoms with Crippen LogP contribution in [0.1, 0.15) is 37.0 Å². The highest BCUT2D eigenvalue weighted by molar-refractivity contribution is 5.38. The number of hydrogen-bond acceptors (Lipinski definition) is 2. The lowest BCUT2D eigenvalue weighted by Gasteiger charge is -2.12. The van der Waals surface area contributed by atoms with Crippen molar-refractivity contribution in [1.82, 2.24) is 0 Å². The normalized spacial score (nSPS) is 12.2. The molecule has 0 aromatic heterocycles. The lowest BCUT2D eigenvalue weighted by molar-refractivity contribution is 0.481.